The first-order valence-corrected chi connectivity index (χ1v) is 26.5. The van der Waals surface area contributed by atoms with Gasteiger partial charge in [0, 0.05) is 30.9 Å². The van der Waals surface area contributed by atoms with Crippen LogP contribution in [0.4, 0.5) is 5.69 Å². The summed E-state index contributed by atoms with van der Waals surface area (Å²) in [5.74, 6) is 0. The van der Waals surface area contributed by atoms with Crippen LogP contribution in [0.2, 0.25) is 0 Å². The zero-order valence-electron chi connectivity index (χ0n) is 39.7. The average Bonchev–Trinajstić information content (AvgIpc) is 3.24. The number of rotatable bonds is 44. The molecule has 1 aromatic carbocycles. The molecule has 0 aliphatic heterocycles. The van der Waals surface area contributed by atoms with Crippen molar-refractivity contribution < 1.29 is 4.57 Å². The fraction of sp³-hybridized carbons (Fsp3) is 0.804. The van der Waals surface area contributed by atoms with Crippen LogP contribution in [-0.2, 0) is 7.05 Å². The molecule has 0 radical (unpaired) electrons. The second-order valence-electron chi connectivity index (χ2n) is 18.7. The minimum absolute atomic E-state index is 1.21. The number of aryl methyl sites for hydroxylation is 1. The van der Waals surface area contributed by atoms with E-state index < -0.39 is 0 Å². The van der Waals surface area contributed by atoms with E-state index in [0.29, 0.717) is 0 Å². The molecule has 0 saturated carbocycles. The van der Waals surface area contributed by atoms with E-state index in [-0.39, 0.29) is 0 Å². The summed E-state index contributed by atoms with van der Waals surface area (Å²) in [6.07, 6.45) is 62.1. The van der Waals surface area contributed by atoms with E-state index in [1.54, 1.807) is 0 Å². The molecule has 2 aromatic rings. The molecular weight excluding hydrogens is 701 g/mol. The molecule has 0 N–H and O–H groups in total. The Hall–Kier alpha value is -1.83. The highest BCUT2D eigenvalue weighted by atomic mass is 15.1. The van der Waals surface area contributed by atoms with Gasteiger partial charge in [-0.1, -0.05) is 270 Å². The molecule has 2 heteroatoms. The number of hydrogen-bond acceptors (Lipinski definition) is 1. The van der Waals surface area contributed by atoms with Crippen molar-refractivity contribution in [2.75, 3.05) is 18.0 Å². The summed E-state index contributed by atoms with van der Waals surface area (Å²) < 4.78 is 2.11. The molecule has 0 fully saturated rings. The van der Waals surface area contributed by atoms with Crippen molar-refractivity contribution in [2.45, 2.75) is 271 Å². The first-order chi connectivity index (χ1) is 28.7. The van der Waals surface area contributed by atoms with Crippen molar-refractivity contribution >= 4 is 5.69 Å². The Labute approximate surface area is 364 Å². The van der Waals surface area contributed by atoms with E-state index in [0.717, 1.165) is 0 Å². The summed E-state index contributed by atoms with van der Waals surface area (Å²) in [6, 6.07) is 13.9. The monoisotopic (exact) mass is 802 g/mol. The first-order valence-electron chi connectivity index (χ1n) is 26.5. The SMILES string of the molecule is CCCCCCCCCCCCCCCCCCCCCCN(CCCCCCCCCCCCCCCCCCCCCC)c1ccc(-c2cc[n+](C)cc2)cc1. The number of pyridine rings is 1. The van der Waals surface area contributed by atoms with Gasteiger partial charge in [0.2, 0.25) is 0 Å². The Morgan fingerprint density at radius 3 is 0.776 bits per heavy atom. The fourth-order valence-electron chi connectivity index (χ4n) is 9.04. The highest BCUT2D eigenvalue weighted by Gasteiger charge is 2.08. The molecule has 0 bridgehead atoms. The van der Waals surface area contributed by atoms with E-state index in [9.17, 15) is 0 Å². The van der Waals surface area contributed by atoms with Crippen molar-refractivity contribution in [1.82, 2.24) is 0 Å². The van der Waals surface area contributed by atoms with Gasteiger partial charge in [-0.15, -0.1) is 0 Å². The van der Waals surface area contributed by atoms with Crippen molar-refractivity contribution in [3.63, 3.8) is 0 Å². The normalized spacial score (nSPS) is 11.5. The van der Waals surface area contributed by atoms with Crippen molar-refractivity contribution in [1.29, 1.82) is 0 Å². The lowest BCUT2D eigenvalue weighted by atomic mass is 10.0. The van der Waals surface area contributed by atoms with E-state index in [4.69, 9.17) is 0 Å². The lowest BCUT2D eigenvalue weighted by Gasteiger charge is -2.25. The summed E-state index contributed by atoms with van der Waals surface area (Å²) in [7, 11) is 2.09. The van der Waals surface area contributed by atoms with Gasteiger partial charge in [-0.3, -0.25) is 0 Å². The van der Waals surface area contributed by atoms with Crippen molar-refractivity contribution in [3.05, 3.63) is 48.8 Å². The fourth-order valence-corrected chi connectivity index (χ4v) is 9.04. The van der Waals surface area contributed by atoms with Crippen LogP contribution in [0, 0.1) is 0 Å². The summed E-state index contributed by atoms with van der Waals surface area (Å²) in [5, 5.41) is 0. The largest absolute Gasteiger partial charge is 0.372 e. The number of benzene rings is 1. The highest BCUT2D eigenvalue weighted by Crippen LogP contribution is 2.24. The quantitative estimate of drug-likeness (QED) is 0.0478. The molecule has 0 unspecified atom stereocenters. The highest BCUT2D eigenvalue weighted by molar-refractivity contribution is 5.65. The number of hydrogen-bond donors (Lipinski definition) is 0. The third kappa shape index (κ3) is 31.1. The molecule has 2 nitrogen and oxygen atoms in total. The number of unbranched alkanes of at least 4 members (excludes halogenated alkanes) is 38. The van der Waals surface area contributed by atoms with E-state index >= 15 is 0 Å². The van der Waals surface area contributed by atoms with Gasteiger partial charge >= 0.3 is 0 Å². The van der Waals surface area contributed by atoms with Crippen LogP contribution in [-0.4, -0.2) is 13.1 Å². The molecule has 2 rings (SSSR count). The molecule has 0 amide bonds. The van der Waals surface area contributed by atoms with E-state index in [2.05, 4.69) is 79.2 Å². The smallest absolute Gasteiger partial charge is 0.169 e. The summed E-state index contributed by atoms with van der Waals surface area (Å²) in [5.41, 5.74) is 4.04. The van der Waals surface area contributed by atoms with Crippen LogP contribution in [0.15, 0.2) is 48.8 Å². The van der Waals surface area contributed by atoms with Gasteiger partial charge in [-0.05, 0) is 36.1 Å². The molecule has 0 atom stereocenters. The van der Waals surface area contributed by atoms with E-state index in [1.165, 1.54) is 287 Å². The van der Waals surface area contributed by atoms with Crippen LogP contribution in [0.1, 0.15) is 271 Å². The predicted molar refractivity (Wildman–Crippen MR) is 261 cm³/mol. The summed E-state index contributed by atoms with van der Waals surface area (Å²) in [6.45, 7) is 7.04. The van der Waals surface area contributed by atoms with Gasteiger partial charge in [0.05, 0.1) is 0 Å². The molecule has 58 heavy (non-hydrogen) atoms. The van der Waals surface area contributed by atoms with Crippen molar-refractivity contribution in [3.8, 4) is 11.1 Å². The minimum Gasteiger partial charge on any atom is -0.372 e. The summed E-state index contributed by atoms with van der Waals surface area (Å²) in [4.78, 5) is 2.71. The lowest BCUT2D eigenvalue weighted by Crippen LogP contribution is -2.26. The maximum absolute atomic E-state index is 2.71. The first kappa shape index (κ1) is 52.3. The van der Waals surface area contributed by atoms with Crippen LogP contribution < -0.4 is 9.47 Å². The second-order valence-corrected chi connectivity index (χ2v) is 18.7. The molecule has 0 saturated heterocycles. The van der Waals surface area contributed by atoms with E-state index in [1.807, 2.05) is 0 Å². The van der Waals surface area contributed by atoms with Crippen LogP contribution in [0.25, 0.3) is 11.1 Å². The van der Waals surface area contributed by atoms with Gasteiger partial charge < -0.3 is 4.90 Å². The Morgan fingerprint density at radius 1 is 0.293 bits per heavy atom. The third-order valence-electron chi connectivity index (χ3n) is 13.1. The molecular formula is C56H101N2+. The van der Waals surface area contributed by atoms with Crippen LogP contribution in [0.3, 0.4) is 0 Å². The third-order valence-corrected chi connectivity index (χ3v) is 13.1. The number of aromatic nitrogens is 1. The van der Waals surface area contributed by atoms with Crippen LogP contribution in [0.5, 0.6) is 0 Å². The molecule has 1 heterocycles. The average molecular weight is 802 g/mol. The summed E-state index contributed by atoms with van der Waals surface area (Å²) >= 11 is 0. The maximum atomic E-state index is 2.71. The van der Waals surface area contributed by atoms with Crippen molar-refractivity contribution in [2.24, 2.45) is 7.05 Å². The minimum atomic E-state index is 1.21. The zero-order valence-corrected chi connectivity index (χ0v) is 39.7. The Morgan fingerprint density at radius 2 is 0.517 bits per heavy atom. The maximum Gasteiger partial charge on any atom is 0.169 e. The molecule has 1 aromatic heterocycles. The Kier molecular flexibility index (Phi) is 36.6. The molecule has 0 spiro atoms. The van der Waals surface area contributed by atoms with Gasteiger partial charge in [0.25, 0.3) is 0 Å². The topological polar surface area (TPSA) is 7.12 Å². The predicted octanol–water partition coefficient (Wildman–Crippen LogP) is 18.6. The van der Waals surface area contributed by atoms with Gasteiger partial charge in [-0.25, -0.2) is 4.57 Å². The standard InChI is InChI=1S/C56H101N2/c1-4-6-8-10-12-14-16-18-20-22-24-26-28-30-32-34-36-38-40-42-50-58(56-46-44-54(45-47-56)55-48-52-57(3)53-49-55)51-43-41-39-37-35-33-31-29-27-25-23-21-19-17-15-13-11-9-7-5-2/h44-49,52-53H,4-43,50-51H2,1-3H3/q+1. The van der Waals surface area contributed by atoms with Gasteiger partial charge in [0.1, 0.15) is 7.05 Å². The molecule has 334 valence electrons. The lowest BCUT2D eigenvalue weighted by molar-refractivity contribution is -0.671. The van der Waals surface area contributed by atoms with Gasteiger partial charge in [0.15, 0.2) is 12.4 Å². The number of nitrogens with zero attached hydrogens (tertiary/aromatic N) is 2. The van der Waals surface area contributed by atoms with Gasteiger partial charge in [-0.2, -0.15) is 0 Å². The second kappa shape index (κ2) is 40.6. The number of anilines is 1. The molecule has 0 aliphatic rings. The Bertz CT molecular complexity index is 1050. The Balaban J connectivity index is 1.51. The molecule has 0 aliphatic carbocycles. The van der Waals surface area contributed by atoms with Crippen LogP contribution >= 0.6 is 0 Å². The zero-order chi connectivity index (χ0) is 41.2.